The Kier molecular flexibility index (Phi) is 4.79. The summed E-state index contributed by atoms with van der Waals surface area (Å²) in [5.41, 5.74) is 1.19. The van der Waals surface area contributed by atoms with Crippen LogP contribution in [-0.4, -0.2) is 36.1 Å². The highest BCUT2D eigenvalue weighted by atomic mass is 19.2. The highest BCUT2D eigenvalue weighted by Gasteiger charge is 2.41. The average molecular weight is 368 g/mol. The van der Waals surface area contributed by atoms with Crippen molar-refractivity contribution >= 4 is 5.82 Å². The van der Waals surface area contributed by atoms with Crippen LogP contribution in [0.5, 0.6) is 0 Å². The van der Waals surface area contributed by atoms with Gasteiger partial charge >= 0.3 is 0 Å². The maximum Gasteiger partial charge on any atom is 0.163 e. The van der Waals surface area contributed by atoms with Crippen molar-refractivity contribution in [3.8, 4) is 6.07 Å². The van der Waals surface area contributed by atoms with E-state index in [-0.39, 0.29) is 5.41 Å². The minimum absolute atomic E-state index is 0.145. The third-order valence-corrected chi connectivity index (χ3v) is 5.80. The quantitative estimate of drug-likeness (QED) is 0.828. The van der Waals surface area contributed by atoms with Crippen LogP contribution in [0.1, 0.15) is 30.4 Å². The number of anilines is 1. The van der Waals surface area contributed by atoms with Crippen LogP contribution in [0.3, 0.4) is 0 Å². The summed E-state index contributed by atoms with van der Waals surface area (Å²) in [5, 5.41) is 9.10. The van der Waals surface area contributed by atoms with Gasteiger partial charge in [0.2, 0.25) is 0 Å². The lowest BCUT2D eigenvalue weighted by Gasteiger charge is -2.40. The molecule has 2 aliphatic rings. The number of piperidine rings is 1. The first-order valence-corrected chi connectivity index (χ1v) is 9.35. The fourth-order valence-corrected chi connectivity index (χ4v) is 4.48. The Balaban J connectivity index is 1.46. The van der Waals surface area contributed by atoms with Crippen molar-refractivity contribution < 1.29 is 8.78 Å². The smallest absolute Gasteiger partial charge is 0.163 e. The largest absolute Gasteiger partial charge is 0.356 e. The summed E-state index contributed by atoms with van der Waals surface area (Å²) in [6.07, 6.45) is 4.91. The van der Waals surface area contributed by atoms with Crippen molar-refractivity contribution in [3.05, 3.63) is 59.3 Å². The molecular formula is C21H22F2N4. The second-order valence-corrected chi connectivity index (χ2v) is 7.71. The van der Waals surface area contributed by atoms with Gasteiger partial charge in [0.05, 0.1) is 11.6 Å². The summed E-state index contributed by atoms with van der Waals surface area (Å²) in [6, 6.07) is 10.1. The summed E-state index contributed by atoms with van der Waals surface area (Å²) in [7, 11) is 0. The molecule has 4 rings (SSSR count). The summed E-state index contributed by atoms with van der Waals surface area (Å²) in [5.74, 6) is -0.670. The van der Waals surface area contributed by atoms with Crippen molar-refractivity contribution in [2.75, 3.05) is 31.1 Å². The zero-order valence-corrected chi connectivity index (χ0v) is 15.2. The molecule has 4 nitrogen and oxygen atoms in total. The molecule has 1 spiro atoms. The van der Waals surface area contributed by atoms with Gasteiger partial charge in [-0.05, 0) is 44.0 Å². The summed E-state index contributed by atoms with van der Waals surface area (Å²) < 4.78 is 27.5. The molecular weight excluding hydrogens is 346 g/mol. The molecule has 3 heterocycles. The molecule has 0 amide bonds. The van der Waals surface area contributed by atoms with Gasteiger partial charge in [0, 0.05) is 43.4 Å². The molecule has 1 aromatic carbocycles. The third kappa shape index (κ3) is 3.65. The van der Waals surface area contributed by atoms with Gasteiger partial charge in [-0.1, -0.05) is 12.1 Å². The molecule has 2 saturated heterocycles. The highest BCUT2D eigenvalue weighted by molar-refractivity contribution is 5.46. The Morgan fingerprint density at radius 2 is 2.04 bits per heavy atom. The van der Waals surface area contributed by atoms with E-state index in [1.54, 1.807) is 24.4 Å². The lowest BCUT2D eigenvalue weighted by molar-refractivity contribution is 0.0980. The predicted octanol–water partition coefficient (Wildman–Crippen LogP) is 3.72. The Morgan fingerprint density at radius 1 is 1.15 bits per heavy atom. The van der Waals surface area contributed by atoms with Gasteiger partial charge in [0.1, 0.15) is 5.82 Å². The molecule has 6 heteroatoms. The summed E-state index contributed by atoms with van der Waals surface area (Å²) in [4.78, 5) is 8.91. The van der Waals surface area contributed by atoms with Gasteiger partial charge in [-0.15, -0.1) is 0 Å². The van der Waals surface area contributed by atoms with Crippen molar-refractivity contribution in [2.24, 2.45) is 5.41 Å². The number of halogens is 2. The number of nitriles is 1. The first-order chi connectivity index (χ1) is 13.1. The first kappa shape index (κ1) is 17.9. The zero-order valence-electron chi connectivity index (χ0n) is 15.2. The van der Waals surface area contributed by atoms with Gasteiger partial charge in [0.15, 0.2) is 11.6 Å². The molecule has 0 radical (unpaired) electrons. The van der Waals surface area contributed by atoms with Crippen molar-refractivity contribution in [2.45, 2.75) is 25.8 Å². The number of pyridine rings is 1. The van der Waals surface area contributed by atoms with Crippen LogP contribution < -0.4 is 4.90 Å². The molecule has 2 aromatic rings. The van der Waals surface area contributed by atoms with Crippen LogP contribution in [0.4, 0.5) is 14.6 Å². The average Bonchev–Trinajstić information content (AvgIpc) is 3.09. The van der Waals surface area contributed by atoms with Crippen molar-refractivity contribution in [1.82, 2.24) is 9.88 Å². The van der Waals surface area contributed by atoms with Crippen LogP contribution >= 0.6 is 0 Å². The molecule has 27 heavy (non-hydrogen) atoms. The Morgan fingerprint density at radius 3 is 2.89 bits per heavy atom. The maximum absolute atomic E-state index is 14.0. The lowest BCUT2D eigenvalue weighted by Crippen LogP contribution is -2.44. The Hall–Kier alpha value is -2.52. The molecule has 0 unspecified atom stereocenters. The fraction of sp³-hybridized carbons (Fsp3) is 0.429. The number of rotatable bonds is 3. The van der Waals surface area contributed by atoms with Crippen LogP contribution in [0.2, 0.25) is 0 Å². The molecule has 0 saturated carbocycles. The van der Waals surface area contributed by atoms with Gasteiger partial charge in [-0.3, -0.25) is 4.90 Å². The van der Waals surface area contributed by atoms with E-state index in [4.69, 9.17) is 5.26 Å². The SMILES string of the molecule is N#Cc1ccnc(N2CC[C@@]3(CCCN(Cc4cccc(F)c4F)C3)C2)c1. The van der Waals surface area contributed by atoms with Gasteiger partial charge in [-0.25, -0.2) is 13.8 Å². The van der Waals surface area contributed by atoms with E-state index < -0.39 is 11.6 Å². The number of hydrogen-bond donors (Lipinski definition) is 0. The van der Waals surface area contributed by atoms with Crippen molar-refractivity contribution in [3.63, 3.8) is 0 Å². The maximum atomic E-state index is 14.0. The number of benzene rings is 1. The molecule has 0 aliphatic carbocycles. The molecule has 2 aliphatic heterocycles. The first-order valence-electron chi connectivity index (χ1n) is 9.35. The van der Waals surface area contributed by atoms with E-state index in [0.717, 1.165) is 57.3 Å². The van der Waals surface area contributed by atoms with E-state index in [0.29, 0.717) is 17.7 Å². The standard InChI is InChI=1S/C21H22F2N4/c22-18-4-1-3-17(20(18)23)13-26-9-2-6-21(14-26)7-10-27(15-21)19-11-16(12-24)5-8-25-19/h1,3-5,8,11H,2,6-7,9-10,13-15H2/t21-/m1/s1. The second kappa shape index (κ2) is 7.24. The fourth-order valence-electron chi connectivity index (χ4n) is 4.48. The molecule has 0 bridgehead atoms. The molecule has 140 valence electrons. The number of likely N-dealkylation sites (tertiary alicyclic amines) is 1. The van der Waals surface area contributed by atoms with Crippen LogP contribution in [-0.2, 0) is 6.54 Å². The third-order valence-electron chi connectivity index (χ3n) is 5.80. The van der Waals surface area contributed by atoms with E-state index in [9.17, 15) is 8.78 Å². The Bertz CT molecular complexity index is 879. The predicted molar refractivity (Wildman–Crippen MR) is 99.1 cm³/mol. The van der Waals surface area contributed by atoms with E-state index in [1.165, 1.54) is 0 Å². The van der Waals surface area contributed by atoms with Gasteiger partial charge in [0.25, 0.3) is 0 Å². The van der Waals surface area contributed by atoms with E-state index in [2.05, 4.69) is 20.9 Å². The Labute approximate surface area is 158 Å². The van der Waals surface area contributed by atoms with Crippen LogP contribution in [0, 0.1) is 28.4 Å². The second-order valence-electron chi connectivity index (χ2n) is 7.71. The van der Waals surface area contributed by atoms with E-state index >= 15 is 0 Å². The normalized spacial score (nSPS) is 22.9. The molecule has 0 N–H and O–H groups in total. The molecule has 1 aromatic heterocycles. The number of aromatic nitrogens is 1. The van der Waals surface area contributed by atoms with Gasteiger partial charge in [-0.2, -0.15) is 5.26 Å². The lowest BCUT2D eigenvalue weighted by atomic mass is 9.79. The zero-order chi connectivity index (χ0) is 18.9. The van der Waals surface area contributed by atoms with Crippen LogP contribution in [0.15, 0.2) is 36.5 Å². The monoisotopic (exact) mass is 368 g/mol. The molecule has 1 atom stereocenters. The van der Waals surface area contributed by atoms with Crippen LogP contribution in [0.25, 0.3) is 0 Å². The summed E-state index contributed by atoms with van der Waals surface area (Å²) in [6.45, 7) is 4.01. The number of nitrogens with zero attached hydrogens (tertiary/aromatic N) is 4. The van der Waals surface area contributed by atoms with Gasteiger partial charge < -0.3 is 4.90 Å². The van der Waals surface area contributed by atoms with Crippen molar-refractivity contribution in [1.29, 1.82) is 5.26 Å². The highest BCUT2D eigenvalue weighted by Crippen LogP contribution is 2.40. The summed E-state index contributed by atoms with van der Waals surface area (Å²) >= 11 is 0. The topological polar surface area (TPSA) is 43.2 Å². The molecule has 2 fully saturated rings. The van der Waals surface area contributed by atoms with E-state index in [1.807, 2.05) is 6.07 Å². The minimum Gasteiger partial charge on any atom is -0.356 e. The number of hydrogen-bond acceptors (Lipinski definition) is 4. The minimum atomic E-state index is -0.783.